The highest BCUT2D eigenvalue weighted by molar-refractivity contribution is 5.83. The van der Waals surface area contributed by atoms with Gasteiger partial charge in [0.25, 0.3) is 0 Å². The number of rotatable bonds is 12. The maximum atomic E-state index is 12.9. The molecule has 0 aromatic heterocycles. The number of nitrogens with zero attached hydrogens (tertiary/aromatic N) is 1. The zero-order valence-electron chi connectivity index (χ0n) is 32.5. The van der Waals surface area contributed by atoms with E-state index in [4.69, 9.17) is 14.2 Å². The van der Waals surface area contributed by atoms with Gasteiger partial charge in [-0.3, -0.25) is 4.90 Å². The van der Waals surface area contributed by atoms with E-state index in [-0.39, 0.29) is 25.4 Å². The van der Waals surface area contributed by atoms with Gasteiger partial charge in [-0.25, -0.2) is 9.59 Å². The predicted octanol–water partition coefficient (Wildman–Crippen LogP) is 7.88. The monoisotopic (exact) mass is 745 g/mol. The molecule has 1 aliphatic carbocycles. The third kappa shape index (κ3) is 9.65. The maximum Gasteiger partial charge on any atom is 0.328 e. The van der Waals surface area contributed by atoms with Crippen LogP contribution in [-0.2, 0) is 38.6 Å². The molecule has 2 saturated heterocycles. The van der Waals surface area contributed by atoms with E-state index in [1.807, 2.05) is 54.6 Å². The van der Waals surface area contributed by atoms with Gasteiger partial charge >= 0.3 is 12.0 Å². The van der Waals surface area contributed by atoms with Crippen LogP contribution in [0.4, 0.5) is 4.79 Å². The zero-order chi connectivity index (χ0) is 38.6. The zero-order valence-corrected chi connectivity index (χ0v) is 32.5. The van der Waals surface area contributed by atoms with Crippen molar-refractivity contribution in [2.24, 2.45) is 10.8 Å². The van der Waals surface area contributed by atoms with Crippen molar-refractivity contribution in [3.05, 3.63) is 131 Å². The molecule has 2 heterocycles. The molecule has 3 fully saturated rings. The second-order valence-electron chi connectivity index (χ2n) is 16.9. The van der Waals surface area contributed by atoms with Crippen LogP contribution in [0.25, 0.3) is 11.1 Å². The van der Waals surface area contributed by atoms with Gasteiger partial charge in [0.2, 0.25) is 0 Å². The summed E-state index contributed by atoms with van der Waals surface area (Å²) in [5.41, 5.74) is 7.55. The largest absolute Gasteiger partial charge is 0.467 e. The number of hydrogen-bond donors (Lipinski definition) is 3. The van der Waals surface area contributed by atoms with Crippen LogP contribution >= 0.6 is 0 Å². The second-order valence-corrected chi connectivity index (χ2v) is 16.9. The van der Waals surface area contributed by atoms with Crippen LogP contribution in [0.3, 0.4) is 0 Å². The van der Waals surface area contributed by atoms with Crippen LogP contribution in [0.2, 0.25) is 0 Å². The molecule has 1 saturated carbocycles. The number of urea groups is 1. The summed E-state index contributed by atoms with van der Waals surface area (Å²) in [6.07, 6.45) is 4.20. The number of likely N-dealkylation sites (tertiary alicyclic amines) is 1. The number of aliphatic hydroxyl groups excluding tert-OH is 1. The van der Waals surface area contributed by atoms with E-state index >= 15 is 0 Å². The van der Waals surface area contributed by atoms with Gasteiger partial charge < -0.3 is 30.0 Å². The fourth-order valence-electron chi connectivity index (χ4n) is 9.36. The van der Waals surface area contributed by atoms with Crippen molar-refractivity contribution >= 4 is 12.0 Å². The van der Waals surface area contributed by atoms with E-state index in [1.54, 1.807) is 0 Å². The lowest BCUT2D eigenvalue weighted by molar-refractivity contribution is -0.253. The standard InChI is InChI=1S/C46H55N3O6/c1-45(2)24-38-25-46(3,29-45)30-49(38)27-39-23-41(35-15-13-32(28-50)14-16-35)55-43(54-39)36-19-17-34(18-20-36)37-12-8-11-33(21-37)26-47-44(52)48-40(42(51)53-4)22-31-9-6-5-7-10-31/h5-21,38-41,43,50H,22-30H2,1-4H3,(H2,47,48,52)/t38?,39-,40+,41+,43+,46?/m1/s1. The Morgan fingerprint density at radius 2 is 1.58 bits per heavy atom. The van der Waals surface area contributed by atoms with Gasteiger partial charge in [0.15, 0.2) is 6.29 Å². The molecule has 3 aliphatic rings. The number of benzene rings is 4. The molecule has 9 nitrogen and oxygen atoms in total. The van der Waals surface area contributed by atoms with Crippen LogP contribution in [-0.4, -0.2) is 60.4 Å². The molecular weight excluding hydrogens is 691 g/mol. The fourth-order valence-corrected chi connectivity index (χ4v) is 9.36. The van der Waals surface area contributed by atoms with Crippen molar-refractivity contribution in [1.82, 2.24) is 15.5 Å². The average Bonchev–Trinajstić information content (AvgIpc) is 3.43. The van der Waals surface area contributed by atoms with Gasteiger partial charge in [0, 0.05) is 44.1 Å². The van der Waals surface area contributed by atoms with E-state index in [9.17, 15) is 14.7 Å². The van der Waals surface area contributed by atoms with Crippen molar-refractivity contribution in [3.63, 3.8) is 0 Å². The van der Waals surface area contributed by atoms with Crippen LogP contribution in [0.15, 0.2) is 103 Å². The Labute approximate surface area is 325 Å². The second kappa shape index (κ2) is 16.7. The lowest BCUT2D eigenvalue weighted by Crippen LogP contribution is -2.47. The highest BCUT2D eigenvalue weighted by Crippen LogP contribution is 2.53. The SMILES string of the molecule is COC(=O)[C@H](Cc1ccccc1)NC(=O)NCc1cccc(-c2ccc([C@H]3O[C@@H](CN4CC5(C)CC4CC(C)(C)C5)C[C@@H](c4ccc(CO)cc4)O3)cc2)c1. The lowest BCUT2D eigenvalue weighted by atomic mass is 9.65. The van der Waals surface area contributed by atoms with E-state index in [0.717, 1.165) is 58.5 Å². The van der Waals surface area contributed by atoms with Crippen molar-refractivity contribution in [3.8, 4) is 11.1 Å². The number of amides is 2. The molecule has 0 radical (unpaired) electrons. The Bertz CT molecular complexity index is 1920. The van der Waals surface area contributed by atoms with Crippen LogP contribution in [0.1, 0.15) is 86.7 Å². The quantitative estimate of drug-likeness (QED) is 0.127. The van der Waals surface area contributed by atoms with Gasteiger partial charge in [0.05, 0.1) is 25.9 Å². The number of fused-ring (bicyclic) bond motifs is 2. The van der Waals surface area contributed by atoms with Crippen molar-refractivity contribution in [2.45, 2.75) is 96.6 Å². The third-order valence-corrected chi connectivity index (χ3v) is 11.5. The van der Waals surface area contributed by atoms with Gasteiger partial charge in [0.1, 0.15) is 6.04 Å². The molecule has 6 atom stereocenters. The highest BCUT2D eigenvalue weighted by atomic mass is 16.7. The summed E-state index contributed by atoms with van der Waals surface area (Å²) in [6.45, 7) is 9.59. The first-order valence-corrected chi connectivity index (χ1v) is 19.6. The lowest BCUT2D eigenvalue weighted by Gasteiger charge is -2.41. The molecule has 3 N–H and O–H groups in total. The number of methoxy groups -OCH3 is 1. The van der Waals surface area contributed by atoms with Crippen LogP contribution in [0, 0.1) is 10.8 Å². The van der Waals surface area contributed by atoms with Crippen molar-refractivity contribution in [1.29, 1.82) is 0 Å². The molecule has 4 aromatic carbocycles. The maximum absolute atomic E-state index is 12.9. The molecule has 2 unspecified atom stereocenters. The Hall–Kier alpha value is -4.54. The first-order valence-electron chi connectivity index (χ1n) is 19.6. The van der Waals surface area contributed by atoms with Gasteiger partial charge in [-0.2, -0.15) is 0 Å². The Morgan fingerprint density at radius 1 is 0.855 bits per heavy atom. The molecule has 4 aromatic rings. The first-order chi connectivity index (χ1) is 26.5. The first kappa shape index (κ1) is 38.7. The van der Waals surface area contributed by atoms with Gasteiger partial charge in [-0.05, 0) is 69.5 Å². The molecule has 7 rings (SSSR count). The van der Waals surface area contributed by atoms with Crippen molar-refractivity contribution in [2.75, 3.05) is 20.2 Å². The summed E-state index contributed by atoms with van der Waals surface area (Å²) in [6, 6.07) is 33.3. The molecule has 2 amide bonds. The van der Waals surface area contributed by atoms with Crippen LogP contribution < -0.4 is 10.6 Å². The van der Waals surface area contributed by atoms with Gasteiger partial charge in [-0.15, -0.1) is 0 Å². The molecule has 290 valence electrons. The molecule has 2 aliphatic heterocycles. The molecular formula is C46H55N3O6. The molecule has 2 bridgehead atoms. The fraction of sp³-hybridized carbons (Fsp3) is 0.435. The molecule has 0 spiro atoms. The minimum atomic E-state index is -0.803. The minimum Gasteiger partial charge on any atom is -0.467 e. The number of nitrogens with one attached hydrogen (secondary N) is 2. The summed E-state index contributed by atoms with van der Waals surface area (Å²) >= 11 is 0. The Kier molecular flexibility index (Phi) is 11.7. The molecule has 9 heteroatoms. The van der Waals surface area contributed by atoms with E-state index in [2.05, 4.69) is 84.8 Å². The number of hydrogen-bond acceptors (Lipinski definition) is 7. The smallest absolute Gasteiger partial charge is 0.328 e. The summed E-state index contributed by atoms with van der Waals surface area (Å²) in [5.74, 6) is -0.497. The van der Waals surface area contributed by atoms with Gasteiger partial charge in [-0.1, -0.05) is 118 Å². The van der Waals surface area contributed by atoms with E-state index < -0.39 is 24.3 Å². The van der Waals surface area contributed by atoms with Crippen LogP contribution in [0.5, 0.6) is 0 Å². The summed E-state index contributed by atoms with van der Waals surface area (Å²) < 4.78 is 18.4. The third-order valence-electron chi connectivity index (χ3n) is 11.5. The summed E-state index contributed by atoms with van der Waals surface area (Å²) in [5, 5.41) is 15.3. The minimum absolute atomic E-state index is 0.00891. The predicted molar refractivity (Wildman–Crippen MR) is 213 cm³/mol. The topological polar surface area (TPSA) is 109 Å². The Morgan fingerprint density at radius 3 is 2.31 bits per heavy atom. The summed E-state index contributed by atoms with van der Waals surface area (Å²) in [7, 11) is 1.32. The number of aliphatic hydroxyl groups is 1. The number of esters is 1. The number of carbonyl (C=O) groups is 2. The average molecular weight is 746 g/mol. The van der Waals surface area contributed by atoms with E-state index in [0.29, 0.717) is 23.3 Å². The number of ether oxygens (including phenoxy) is 3. The van der Waals surface area contributed by atoms with Crippen molar-refractivity contribution < 1.29 is 28.9 Å². The normalized spacial score (nSPS) is 25.2. The Balaban J connectivity index is 1.02. The number of carbonyl (C=O) groups excluding carboxylic acids is 2. The highest BCUT2D eigenvalue weighted by Gasteiger charge is 2.50. The summed E-state index contributed by atoms with van der Waals surface area (Å²) in [4.78, 5) is 28.0. The van der Waals surface area contributed by atoms with E-state index in [1.165, 1.54) is 26.4 Å². The molecule has 55 heavy (non-hydrogen) atoms.